The van der Waals surface area contributed by atoms with Gasteiger partial charge in [0.25, 0.3) is 0 Å². The van der Waals surface area contributed by atoms with Crippen LogP contribution in [0.2, 0.25) is 0 Å². The van der Waals surface area contributed by atoms with E-state index in [1.54, 1.807) is 17.6 Å². The highest BCUT2D eigenvalue weighted by Crippen LogP contribution is 2.20. The maximum absolute atomic E-state index is 5.37. The molecule has 4 nitrogen and oxygen atoms in total. The fourth-order valence-corrected chi connectivity index (χ4v) is 2.93. The number of furan rings is 1. The van der Waals surface area contributed by atoms with Gasteiger partial charge in [0, 0.05) is 29.1 Å². The first-order valence-corrected chi connectivity index (χ1v) is 10.3. The maximum Gasteiger partial charge on any atom is 0.191 e. The lowest BCUT2D eigenvalue weighted by Gasteiger charge is -2.20. The first-order chi connectivity index (χ1) is 11.6. The van der Waals surface area contributed by atoms with Gasteiger partial charge in [-0.3, -0.25) is 4.99 Å². The Kier molecular flexibility index (Phi) is 10.6. The first kappa shape index (κ1) is 22.4. The molecule has 0 amide bonds. The summed E-state index contributed by atoms with van der Waals surface area (Å²) >= 11 is 3.63. The van der Waals surface area contributed by atoms with E-state index in [0.717, 1.165) is 44.2 Å². The summed E-state index contributed by atoms with van der Waals surface area (Å²) < 4.78 is 5.52. The Hall–Kier alpha value is -0.670. The van der Waals surface area contributed by atoms with Gasteiger partial charge in [-0.05, 0) is 50.1 Å². The van der Waals surface area contributed by atoms with Crippen molar-refractivity contribution in [2.45, 2.75) is 31.4 Å². The summed E-state index contributed by atoms with van der Waals surface area (Å²) in [6.45, 7) is 6.90. The molecule has 0 aliphatic heterocycles. The van der Waals surface area contributed by atoms with E-state index in [1.165, 1.54) is 4.88 Å². The summed E-state index contributed by atoms with van der Waals surface area (Å²) in [7, 11) is 0. The molecule has 0 aromatic carbocycles. The quantitative estimate of drug-likeness (QED) is 0.309. The van der Waals surface area contributed by atoms with E-state index in [-0.39, 0.29) is 28.7 Å². The van der Waals surface area contributed by atoms with Crippen molar-refractivity contribution < 1.29 is 4.42 Å². The van der Waals surface area contributed by atoms with Crippen LogP contribution in [0.5, 0.6) is 0 Å². The molecule has 0 spiro atoms. The van der Waals surface area contributed by atoms with Gasteiger partial charge in [0.15, 0.2) is 5.96 Å². The summed E-state index contributed by atoms with van der Waals surface area (Å²) in [6, 6.07) is 8.19. The van der Waals surface area contributed by atoms with E-state index < -0.39 is 0 Å². The van der Waals surface area contributed by atoms with Crippen LogP contribution in [0.1, 0.15) is 24.5 Å². The molecule has 0 aliphatic carbocycles. The summed E-state index contributed by atoms with van der Waals surface area (Å²) in [4.78, 5) is 6.14. The van der Waals surface area contributed by atoms with Gasteiger partial charge in [-0.1, -0.05) is 6.07 Å². The second-order valence-electron chi connectivity index (χ2n) is 6.14. The maximum atomic E-state index is 5.37. The van der Waals surface area contributed by atoms with Crippen molar-refractivity contribution in [1.29, 1.82) is 0 Å². The molecule has 2 aromatic rings. The molecule has 0 saturated heterocycles. The number of hydrogen-bond acceptors (Lipinski definition) is 4. The normalized spacial score (nSPS) is 11.9. The minimum absolute atomic E-state index is 0. The lowest BCUT2D eigenvalue weighted by Crippen LogP contribution is -2.40. The van der Waals surface area contributed by atoms with E-state index in [1.807, 2.05) is 23.9 Å². The van der Waals surface area contributed by atoms with E-state index in [0.29, 0.717) is 0 Å². The summed E-state index contributed by atoms with van der Waals surface area (Å²) in [5.74, 6) is 1.87. The molecule has 0 aliphatic rings. The third-order valence-corrected chi connectivity index (χ3v) is 5.83. The Bertz CT molecular complexity index is 556. The predicted octanol–water partition coefficient (Wildman–Crippen LogP) is 4.42. The van der Waals surface area contributed by atoms with E-state index in [9.17, 15) is 0 Å². The van der Waals surface area contributed by atoms with Crippen molar-refractivity contribution >= 4 is 53.0 Å². The zero-order chi connectivity index (χ0) is 17.3. The van der Waals surface area contributed by atoms with Crippen LogP contribution in [0.15, 0.2) is 45.3 Å². The van der Waals surface area contributed by atoms with Crippen LogP contribution in [0, 0.1) is 0 Å². The molecule has 2 aromatic heterocycles. The number of nitrogens with zero attached hydrogens (tertiary/aromatic N) is 1. The van der Waals surface area contributed by atoms with Crippen molar-refractivity contribution in [2.24, 2.45) is 4.99 Å². The number of nitrogens with one attached hydrogen (secondary N) is 2. The van der Waals surface area contributed by atoms with Crippen LogP contribution in [0.4, 0.5) is 0 Å². The molecule has 2 rings (SSSR count). The molecule has 2 heterocycles. The first-order valence-electron chi connectivity index (χ1n) is 8.21. The minimum atomic E-state index is 0. The molecule has 140 valence electrons. The largest absolute Gasteiger partial charge is 0.469 e. The Labute approximate surface area is 176 Å². The van der Waals surface area contributed by atoms with Crippen molar-refractivity contribution in [2.75, 3.05) is 25.9 Å². The van der Waals surface area contributed by atoms with Crippen molar-refractivity contribution in [3.63, 3.8) is 0 Å². The van der Waals surface area contributed by atoms with Gasteiger partial charge >= 0.3 is 0 Å². The molecule has 0 saturated carbocycles. The molecule has 0 unspecified atom stereocenters. The third-order valence-electron chi connectivity index (χ3n) is 3.66. The zero-order valence-corrected chi connectivity index (χ0v) is 19.0. The fourth-order valence-electron chi connectivity index (χ4n) is 2.03. The summed E-state index contributed by atoms with van der Waals surface area (Å²) in [6.07, 6.45) is 5.71. The molecule has 0 atom stereocenters. The predicted molar refractivity (Wildman–Crippen MR) is 122 cm³/mol. The molecule has 2 N–H and O–H groups in total. The molecule has 0 bridgehead atoms. The SMILES string of the molecule is CSC(C)(C)CN=C(NCCc1ccco1)NCCc1cccs1.I. The standard InChI is InChI=1S/C18H27N3OS2.HI/c1-18(2,23-3)14-21-17(19-10-8-15-6-4-12-22-15)20-11-9-16-7-5-13-24-16;/h4-7,12-13H,8-11,14H2,1-3H3,(H2,19,20,21);1H. The van der Waals surface area contributed by atoms with Crippen LogP contribution in [-0.4, -0.2) is 36.6 Å². The lowest BCUT2D eigenvalue weighted by molar-refractivity contribution is 0.506. The Morgan fingerprint density at radius 2 is 1.96 bits per heavy atom. The van der Waals surface area contributed by atoms with Gasteiger partial charge in [-0.25, -0.2) is 0 Å². The molecule has 25 heavy (non-hydrogen) atoms. The van der Waals surface area contributed by atoms with Gasteiger partial charge in [0.2, 0.25) is 0 Å². The van der Waals surface area contributed by atoms with E-state index >= 15 is 0 Å². The average Bonchev–Trinajstić information content (AvgIpc) is 3.26. The number of hydrogen-bond donors (Lipinski definition) is 2. The number of thioether (sulfide) groups is 1. The van der Waals surface area contributed by atoms with Crippen LogP contribution >= 0.6 is 47.1 Å². The fraction of sp³-hybridized carbons (Fsp3) is 0.500. The van der Waals surface area contributed by atoms with Gasteiger partial charge in [0.05, 0.1) is 12.8 Å². The zero-order valence-electron chi connectivity index (χ0n) is 15.1. The molecular formula is C18H28IN3OS2. The number of halogens is 1. The minimum Gasteiger partial charge on any atom is -0.469 e. The van der Waals surface area contributed by atoms with Crippen molar-refractivity contribution in [3.8, 4) is 0 Å². The van der Waals surface area contributed by atoms with Crippen LogP contribution in [-0.2, 0) is 12.8 Å². The molecule has 7 heteroatoms. The summed E-state index contributed by atoms with van der Waals surface area (Å²) in [5, 5.41) is 8.97. The van der Waals surface area contributed by atoms with E-state index in [2.05, 4.69) is 48.2 Å². The Morgan fingerprint density at radius 3 is 2.56 bits per heavy atom. The lowest BCUT2D eigenvalue weighted by atomic mass is 10.2. The van der Waals surface area contributed by atoms with Crippen molar-refractivity contribution in [3.05, 3.63) is 46.5 Å². The highest BCUT2D eigenvalue weighted by molar-refractivity contribution is 14.0. The van der Waals surface area contributed by atoms with Gasteiger partial charge < -0.3 is 15.1 Å². The second-order valence-corrected chi connectivity index (χ2v) is 8.69. The topological polar surface area (TPSA) is 49.6 Å². The van der Waals surface area contributed by atoms with Gasteiger partial charge in [0.1, 0.15) is 5.76 Å². The highest BCUT2D eigenvalue weighted by Gasteiger charge is 2.15. The molecule has 0 fully saturated rings. The third kappa shape index (κ3) is 9.01. The van der Waals surface area contributed by atoms with Crippen LogP contribution < -0.4 is 10.6 Å². The Morgan fingerprint density at radius 1 is 1.20 bits per heavy atom. The van der Waals surface area contributed by atoms with Gasteiger partial charge in [-0.2, -0.15) is 11.8 Å². The average molecular weight is 493 g/mol. The van der Waals surface area contributed by atoms with Crippen LogP contribution in [0.25, 0.3) is 0 Å². The number of guanidine groups is 1. The van der Waals surface area contributed by atoms with Crippen molar-refractivity contribution in [1.82, 2.24) is 10.6 Å². The van der Waals surface area contributed by atoms with E-state index in [4.69, 9.17) is 9.41 Å². The van der Waals surface area contributed by atoms with Crippen LogP contribution in [0.3, 0.4) is 0 Å². The van der Waals surface area contributed by atoms with Gasteiger partial charge in [-0.15, -0.1) is 35.3 Å². The number of rotatable bonds is 9. The molecule has 0 radical (unpaired) electrons. The molecular weight excluding hydrogens is 465 g/mol. The highest BCUT2D eigenvalue weighted by atomic mass is 127. The second kappa shape index (κ2) is 11.9. The smallest absolute Gasteiger partial charge is 0.191 e. The number of thiophene rings is 1. The number of aliphatic imine (C=N–C) groups is 1. The summed E-state index contributed by atoms with van der Waals surface area (Å²) in [5.41, 5.74) is 0. The monoisotopic (exact) mass is 493 g/mol. The Balaban J connectivity index is 0.00000312.